The van der Waals surface area contributed by atoms with Crippen LogP contribution in [0.15, 0.2) is 58.5 Å². The molecule has 0 saturated heterocycles. The molecule has 0 aliphatic rings. The highest BCUT2D eigenvalue weighted by atomic mass is 16.5. The average molecular weight is 266 g/mol. The first-order chi connectivity index (χ1) is 9.85. The lowest BCUT2D eigenvalue weighted by Gasteiger charge is -2.10. The molecule has 0 spiro atoms. The Labute approximate surface area is 119 Å². The maximum Gasteiger partial charge on any atom is 0.147 e. The van der Waals surface area contributed by atoms with Crippen LogP contribution >= 0.6 is 0 Å². The second kappa shape index (κ2) is 7.24. The molecule has 0 aromatic heterocycles. The molecule has 0 aliphatic heterocycles. The van der Waals surface area contributed by atoms with E-state index in [4.69, 9.17) is 4.74 Å². The van der Waals surface area contributed by atoms with Crippen LogP contribution in [-0.4, -0.2) is 12.9 Å². The number of aliphatic imine (C=N–C) groups is 2. The van der Waals surface area contributed by atoms with Crippen LogP contribution in [0.1, 0.15) is 18.9 Å². The number of hydrogen-bond acceptors (Lipinski definition) is 3. The first-order valence-corrected chi connectivity index (χ1v) is 6.64. The standard InChI is InChI=1S/C17H18N2O/c1-3-12-19-15-10-7-11-16(17(15)18-2)20-13-14-8-5-4-6-9-14/h4-12H,2-3,13H2,1H3/b19-12+. The van der Waals surface area contributed by atoms with Crippen molar-refractivity contribution in [1.29, 1.82) is 0 Å². The van der Waals surface area contributed by atoms with Crippen molar-refractivity contribution in [1.82, 2.24) is 0 Å². The number of para-hydroxylation sites is 1. The largest absolute Gasteiger partial charge is 0.487 e. The monoisotopic (exact) mass is 266 g/mol. The van der Waals surface area contributed by atoms with Crippen LogP contribution < -0.4 is 4.74 Å². The maximum absolute atomic E-state index is 5.83. The van der Waals surface area contributed by atoms with Crippen molar-refractivity contribution < 1.29 is 4.74 Å². The Morgan fingerprint density at radius 2 is 1.90 bits per heavy atom. The van der Waals surface area contributed by atoms with E-state index < -0.39 is 0 Å². The van der Waals surface area contributed by atoms with Crippen molar-refractivity contribution in [2.75, 3.05) is 0 Å². The average Bonchev–Trinajstić information content (AvgIpc) is 2.51. The van der Waals surface area contributed by atoms with Crippen molar-refractivity contribution in [3.05, 3.63) is 54.1 Å². The van der Waals surface area contributed by atoms with E-state index in [0.717, 1.165) is 17.7 Å². The van der Waals surface area contributed by atoms with Crippen molar-refractivity contribution in [2.45, 2.75) is 20.0 Å². The molecule has 0 aliphatic carbocycles. The van der Waals surface area contributed by atoms with Gasteiger partial charge >= 0.3 is 0 Å². The zero-order valence-electron chi connectivity index (χ0n) is 11.6. The first-order valence-electron chi connectivity index (χ1n) is 6.64. The molecule has 0 unspecified atom stereocenters. The summed E-state index contributed by atoms with van der Waals surface area (Å²) in [7, 11) is 0. The molecule has 0 atom stereocenters. The smallest absolute Gasteiger partial charge is 0.147 e. The zero-order valence-corrected chi connectivity index (χ0v) is 11.6. The van der Waals surface area contributed by atoms with Gasteiger partial charge in [0.15, 0.2) is 0 Å². The number of benzene rings is 2. The van der Waals surface area contributed by atoms with Gasteiger partial charge in [-0.25, -0.2) is 0 Å². The summed E-state index contributed by atoms with van der Waals surface area (Å²) in [6.07, 6.45) is 2.73. The lowest BCUT2D eigenvalue weighted by molar-refractivity contribution is 0.307. The van der Waals surface area contributed by atoms with E-state index in [1.807, 2.05) is 61.7 Å². The summed E-state index contributed by atoms with van der Waals surface area (Å²) in [6, 6.07) is 15.7. The number of hydrogen-bond donors (Lipinski definition) is 0. The molecule has 0 bridgehead atoms. The third-order valence-corrected chi connectivity index (χ3v) is 2.79. The van der Waals surface area contributed by atoms with Gasteiger partial charge in [0.05, 0.1) is 5.69 Å². The lowest BCUT2D eigenvalue weighted by atomic mass is 10.2. The summed E-state index contributed by atoms with van der Waals surface area (Å²) < 4.78 is 5.83. The molecule has 2 aromatic rings. The number of rotatable bonds is 6. The van der Waals surface area contributed by atoms with Gasteiger partial charge < -0.3 is 4.74 Å². The van der Waals surface area contributed by atoms with Crippen LogP contribution in [0, 0.1) is 0 Å². The summed E-state index contributed by atoms with van der Waals surface area (Å²) in [5, 5.41) is 0. The van der Waals surface area contributed by atoms with E-state index in [9.17, 15) is 0 Å². The minimum atomic E-state index is 0.504. The normalized spacial score (nSPS) is 10.7. The molecule has 3 heteroatoms. The molecule has 102 valence electrons. The van der Waals surface area contributed by atoms with Crippen LogP contribution in [0.5, 0.6) is 5.75 Å². The Bertz CT molecular complexity index is 591. The Balaban J connectivity index is 2.19. The molecule has 0 amide bonds. The molecule has 0 fully saturated rings. The van der Waals surface area contributed by atoms with Crippen LogP contribution in [-0.2, 0) is 6.61 Å². The maximum atomic E-state index is 5.83. The van der Waals surface area contributed by atoms with Crippen LogP contribution in [0.25, 0.3) is 0 Å². The predicted octanol–water partition coefficient (Wildman–Crippen LogP) is 4.71. The van der Waals surface area contributed by atoms with E-state index >= 15 is 0 Å². The fourth-order valence-corrected chi connectivity index (χ4v) is 1.82. The second-order valence-corrected chi connectivity index (χ2v) is 4.28. The molecular formula is C17H18N2O. The second-order valence-electron chi connectivity index (χ2n) is 4.28. The van der Waals surface area contributed by atoms with Crippen molar-refractivity contribution >= 4 is 24.3 Å². The van der Waals surface area contributed by atoms with Gasteiger partial charge in [-0.3, -0.25) is 9.98 Å². The summed E-state index contributed by atoms with van der Waals surface area (Å²) in [6.45, 7) is 6.16. The van der Waals surface area contributed by atoms with E-state index in [2.05, 4.69) is 16.7 Å². The summed E-state index contributed by atoms with van der Waals surface area (Å²) in [5.74, 6) is 0.703. The van der Waals surface area contributed by atoms with E-state index in [1.54, 1.807) is 0 Å². The van der Waals surface area contributed by atoms with Gasteiger partial charge in [0.2, 0.25) is 0 Å². The van der Waals surface area contributed by atoms with Gasteiger partial charge in [0.25, 0.3) is 0 Å². The molecule has 2 aromatic carbocycles. The SMILES string of the molecule is C=Nc1c(/N=C/CC)cccc1OCc1ccccc1. The highest BCUT2D eigenvalue weighted by molar-refractivity contribution is 5.76. The highest BCUT2D eigenvalue weighted by Crippen LogP contribution is 2.37. The Hall–Kier alpha value is -2.42. The fourth-order valence-electron chi connectivity index (χ4n) is 1.82. The van der Waals surface area contributed by atoms with Crippen LogP contribution in [0.2, 0.25) is 0 Å². The van der Waals surface area contributed by atoms with E-state index in [0.29, 0.717) is 18.0 Å². The Kier molecular flexibility index (Phi) is 5.07. The molecule has 2 rings (SSSR count). The van der Waals surface area contributed by atoms with Crippen molar-refractivity contribution in [3.63, 3.8) is 0 Å². The minimum absolute atomic E-state index is 0.504. The highest BCUT2D eigenvalue weighted by Gasteiger charge is 2.07. The Morgan fingerprint density at radius 3 is 2.60 bits per heavy atom. The van der Waals surface area contributed by atoms with Gasteiger partial charge in [0, 0.05) is 6.21 Å². The van der Waals surface area contributed by atoms with E-state index in [-0.39, 0.29) is 0 Å². The summed E-state index contributed by atoms with van der Waals surface area (Å²) >= 11 is 0. The molecule has 0 radical (unpaired) electrons. The van der Waals surface area contributed by atoms with Crippen LogP contribution in [0.4, 0.5) is 11.4 Å². The third-order valence-electron chi connectivity index (χ3n) is 2.79. The summed E-state index contributed by atoms with van der Waals surface area (Å²) in [5.41, 5.74) is 2.59. The van der Waals surface area contributed by atoms with Crippen LogP contribution in [0.3, 0.4) is 0 Å². The van der Waals surface area contributed by atoms with Gasteiger partial charge in [0.1, 0.15) is 18.0 Å². The zero-order chi connectivity index (χ0) is 14.2. The Morgan fingerprint density at radius 1 is 1.10 bits per heavy atom. The fraction of sp³-hybridized carbons (Fsp3) is 0.176. The van der Waals surface area contributed by atoms with Gasteiger partial charge in [-0.2, -0.15) is 0 Å². The quantitative estimate of drug-likeness (QED) is 0.697. The molecular weight excluding hydrogens is 248 g/mol. The molecule has 0 N–H and O–H groups in total. The third kappa shape index (κ3) is 3.54. The summed E-state index contributed by atoms with van der Waals surface area (Å²) in [4.78, 5) is 8.42. The van der Waals surface area contributed by atoms with Gasteiger partial charge in [-0.15, -0.1) is 0 Å². The van der Waals surface area contributed by atoms with E-state index in [1.165, 1.54) is 0 Å². The molecule has 20 heavy (non-hydrogen) atoms. The molecule has 3 nitrogen and oxygen atoms in total. The topological polar surface area (TPSA) is 34.0 Å². The van der Waals surface area contributed by atoms with Gasteiger partial charge in [-0.05, 0) is 30.8 Å². The number of ether oxygens (including phenoxy) is 1. The molecule has 0 heterocycles. The predicted molar refractivity (Wildman–Crippen MR) is 84.9 cm³/mol. The van der Waals surface area contributed by atoms with Gasteiger partial charge in [-0.1, -0.05) is 43.3 Å². The van der Waals surface area contributed by atoms with Crippen molar-refractivity contribution in [3.8, 4) is 5.75 Å². The lowest BCUT2D eigenvalue weighted by Crippen LogP contribution is -1.95. The first kappa shape index (κ1) is 14.0. The number of nitrogens with zero attached hydrogens (tertiary/aromatic N) is 2. The minimum Gasteiger partial charge on any atom is -0.487 e. The van der Waals surface area contributed by atoms with Crippen molar-refractivity contribution in [2.24, 2.45) is 9.98 Å². The molecule has 0 saturated carbocycles.